The Morgan fingerprint density at radius 3 is 2.71 bits per heavy atom. The predicted molar refractivity (Wildman–Crippen MR) is 92.7 cm³/mol. The van der Waals surface area contributed by atoms with Crippen LogP contribution in [0.5, 0.6) is 5.75 Å². The van der Waals surface area contributed by atoms with E-state index in [4.69, 9.17) is 10.5 Å². The summed E-state index contributed by atoms with van der Waals surface area (Å²) in [5.41, 5.74) is 8.49. The summed E-state index contributed by atoms with van der Waals surface area (Å²) in [6, 6.07) is 7.24. The molecular formula is C17H23N5O2. The van der Waals surface area contributed by atoms with Gasteiger partial charge in [0.1, 0.15) is 11.6 Å². The van der Waals surface area contributed by atoms with Gasteiger partial charge in [0.15, 0.2) is 0 Å². The first-order chi connectivity index (χ1) is 11.5. The van der Waals surface area contributed by atoms with E-state index >= 15 is 0 Å². The average molecular weight is 329 g/mol. The number of urea groups is 1. The monoisotopic (exact) mass is 329 g/mol. The number of benzene rings is 1. The summed E-state index contributed by atoms with van der Waals surface area (Å²) < 4.78 is 7.38. The fraction of sp³-hybridized carbons (Fsp3) is 0.412. The number of nitrogens with zero attached hydrogens (tertiary/aromatic N) is 3. The molecule has 1 aromatic carbocycles. The Morgan fingerprint density at radius 1 is 1.38 bits per heavy atom. The van der Waals surface area contributed by atoms with Crippen LogP contribution < -0.4 is 15.8 Å². The zero-order valence-corrected chi connectivity index (χ0v) is 14.2. The molecular weight excluding hydrogens is 306 g/mol. The van der Waals surface area contributed by atoms with Crippen LogP contribution in [0.1, 0.15) is 31.5 Å². The Bertz CT molecular complexity index is 738. The second-order valence-corrected chi connectivity index (χ2v) is 6.08. The molecule has 3 rings (SSSR count). The number of fused-ring (bicyclic) bond motifs is 1. The summed E-state index contributed by atoms with van der Waals surface area (Å²) in [6.45, 7) is 5.06. The van der Waals surface area contributed by atoms with Crippen LogP contribution in [0.25, 0.3) is 0 Å². The van der Waals surface area contributed by atoms with Gasteiger partial charge in [0.2, 0.25) is 0 Å². The summed E-state index contributed by atoms with van der Waals surface area (Å²) in [4.78, 5) is 14.1. The third-order valence-electron chi connectivity index (χ3n) is 4.27. The van der Waals surface area contributed by atoms with E-state index in [2.05, 4.69) is 17.3 Å². The SMILES string of the molecule is CCC(C)Oc1ccc(NC(=O)N2Cc3nn(C)c(N)c3C2)cc1. The molecule has 1 unspecified atom stereocenters. The fourth-order valence-corrected chi connectivity index (χ4v) is 2.64. The molecule has 0 saturated carbocycles. The number of carbonyl (C=O) groups is 1. The Balaban J connectivity index is 1.59. The molecule has 1 atom stereocenters. The number of anilines is 2. The molecule has 2 amide bonds. The summed E-state index contributed by atoms with van der Waals surface area (Å²) in [5.74, 6) is 1.42. The lowest BCUT2D eigenvalue weighted by Gasteiger charge is -2.17. The number of nitrogens with two attached hydrogens (primary N) is 1. The van der Waals surface area contributed by atoms with Crippen LogP contribution in [-0.4, -0.2) is 26.8 Å². The minimum atomic E-state index is -0.161. The molecule has 128 valence electrons. The minimum Gasteiger partial charge on any atom is -0.491 e. The summed E-state index contributed by atoms with van der Waals surface area (Å²) in [6.07, 6.45) is 1.12. The maximum Gasteiger partial charge on any atom is 0.322 e. The lowest BCUT2D eigenvalue weighted by Crippen LogP contribution is -2.30. The number of rotatable bonds is 4. The lowest BCUT2D eigenvalue weighted by molar-refractivity contribution is 0.211. The number of nitrogens with one attached hydrogen (secondary N) is 1. The second kappa shape index (κ2) is 6.43. The van der Waals surface area contributed by atoms with E-state index in [1.54, 1.807) is 16.6 Å². The van der Waals surface area contributed by atoms with E-state index in [1.807, 2.05) is 31.2 Å². The first-order valence-corrected chi connectivity index (χ1v) is 8.10. The molecule has 7 nitrogen and oxygen atoms in total. The smallest absolute Gasteiger partial charge is 0.322 e. The molecule has 0 fully saturated rings. The molecule has 1 aliphatic rings. The number of amides is 2. The highest BCUT2D eigenvalue weighted by Crippen LogP contribution is 2.27. The quantitative estimate of drug-likeness (QED) is 0.903. The van der Waals surface area contributed by atoms with Crippen molar-refractivity contribution in [1.82, 2.24) is 14.7 Å². The molecule has 7 heteroatoms. The highest BCUT2D eigenvalue weighted by molar-refractivity contribution is 5.89. The van der Waals surface area contributed by atoms with Crippen LogP contribution in [0.4, 0.5) is 16.3 Å². The van der Waals surface area contributed by atoms with Gasteiger partial charge >= 0.3 is 6.03 Å². The van der Waals surface area contributed by atoms with E-state index in [-0.39, 0.29) is 12.1 Å². The van der Waals surface area contributed by atoms with Crippen LogP contribution in [-0.2, 0) is 20.1 Å². The van der Waals surface area contributed by atoms with E-state index in [0.717, 1.165) is 29.1 Å². The van der Waals surface area contributed by atoms with Gasteiger partial charge in [-0.25, -0.2) is 4.79 Å². The van der Waals surface area contributed by atoms with Gasteiger partial charge in [-0.1, -0.05) is 6.92 Å². The molecule has 0 radical (unpaired) electrons. The van der Waals surface area contributed by atoms with E-state index in [9.17, 15) is 4.79 Å². The Hall–Kier alpha value is -2.70. The minimum absolute atomic E-state index is 0.161. The molecule has 0 aliphatic carbocycles. The Labute approximate surface area is 141 Å². The van der Waals surface area contributed by atoms with Crippen LogP contribution in [0, 0.1) is 0 Å². The zero-order chi connectivity index (χ0) is 17.3. The number of carbonyl (C=O) groups excluding carboxylic acids is 1. The standard InChI is InChI=1S/C17H23N5O2/c1-4-11(2)24-13-7-5-12(6-8-13)19-17(23)22-9-14-15(10-22)20-21(3)16(14)18/h5-8,11H,4,9-10,18H2,1-3H3,(H,19,23). The van der Waals surface area contributed by atoms with Gasteiger partial charge in [0, 0.05) is 18.3 Å². The third kappa shape index (κ3) is 3.15. The van der Waals surface area contributed by atoms with Crippen molar-refractivity contribution in [2.24, 2.45) is 7.05 Å². The molecule has 2 aromatic rings. The highest BCUT2D eigenvalue weighted by Gasteiger charge is 2.28. The van der Waals surface area contributed by atoms with Crippen molar-refractivity contribution in [3.63, 3.8) is 0 Å². The number of ether oxygens (including phenoxy) is 1. The largest absolute Gasteiger partial charge is 0.491 e. The van der Waals surface area contributed by atoms with Crippen molar-refractivity contribution in [1.29, 1.82) is 0 Å². The highest BCUT2D eigenvalue weighted by atomic mass is 16.5. The van der Waals surface area contributed by atoms with Gasteiger partial charge in [-0.15, -0.1) is 0 Å². The Kier molecular flexibility index (Phi) is 4.33. The van der Waals surface area contributed by atoms with Gasteiger partial charge in [-0.2, -0.15) is 5.10 Å². The molecule has 0 bridgehead atoms. The number of hydrogen-bond donors (Lipinski definition) is 2. The average Bonchev–Trinajstić information content (AvgIpc) is 3.09. The summed E-state index contributed by atoms with van der Waals surface area (Å²) >= 11 is 0. The first kappa shape index (κ1) is 16.2. The van der Waals surface area contributed by atoms with Crippen molar-refractivity contribution in [3.05, 3.63) is 35.5 Å². The van der Waals surface area contributed by atoms with Crippen LogP contribution >= 0.6 is 0 Å². The van der Waals surface area contributed by atoms with Crippen LogP contribution in [0.15, 0.2) is 24.3 Å². The molecule has 0 spiro atoms. The fourth-order valence-electron chi connectivity index (χ4n) is 2.64. The van der Waals surface area contributed by atoms with Crippen LogP contribution in [0.3, 0.4) is 0 Å². The van der Waals surface area contributed by atoms with Gasteiger partial charge in [-0.05, 0) is 37.6 Å². The van der Waals surface area contributed by atoms with E-state index in [1.165, 1.54) is 0 Å². The van der Waals surface area contributed by atoms with Gasteiger partial charge < -0.3 is 20.7 Å². The molecule has 24 heavy (non-hydrogen) atoms. The molecule has 3 N–H and O–H groups in total. The van der Waals surface area contributed by atoms with Crippen molar-refractivity contribution in [2.75, 3.05) is 11.1 Å². The molecule has 1 aromatic heterocycles. The number of hydrogen-bond acceptors (Lipinski definition) is 4. The van der Waals surface area contributed by atoms with Gasteiger partial charge in [-0.3, -0.25) is 4.68 Å². The van der Waals surface area contributed by atoms with E-state index < -0.39 is 0 Å². The molecule has 0 saturated heterocycles. The second-order valence-electron chi connectivity index (χ2n) is 6.08. The zero-order valence-electron chi connectivity index (χ0n) is 14.2. The number of aryl methyl sites for hydroxylation is 1. The topological polar surface area (TPSA) is 85.4 Å². The lowest BCUT2D eigenvalue weighted by atomic mass is 10.3. The molecule has 2 heterocycles. The van der Waals surface area contributed by atoms with Gasteiger partial charge in [0.05, 0.1) is 24.9 Å². The number of aromatic nitrogens is 2. The van der Waals surface area contributed by atoms with E-state index in [0.29, 0.717) is 18.9 Å². The maximum atomic E-state index is 12.4. The Morgan fingerprint density at radius 2 is 2.08 bits per heavy atom. The number of nitrogen functional groups attached to an aromatic ring is 1. The van der Waals surface area contributed by atoms with Crippen LogP contribution in [0.2, 0.25) is 0 Å². The van der Waals surface area contributed by atoms with Crippen molar-refractivity contribution in [3.8, 4) is 5.75 Å². The van der Waals surface area contributed by atoms with Crippen molar-refractivity contribution >= 4 is 17.5 Å². The third-order valence-corrected chi connectivity index (χ3v) is 4.27. The summed E-state index contributed by atoms with van der Waals surface area (Å²) in [5, 5.41) is 7.22. The van der Waals surface area contributed by atoms with Crippen molar-refractivity contribution in [2.45, 2.75) is 39.5 Å². The molecule has 1 aliphatic heterocycles. The maximum absolute atomic E-state index is 12.4. The summed E-state index contributed by atoms with van der Waals surface area (Å²) in [7, 11) is 1.81. The van der Waals surface area contributed by atoms with Gasteiger partial charge in [0.25, 0.3) is 0 Å². The normalized spacial score (nSPS) is 14.4. The first-order valence-electron chi connectivity index (χ1n) is 8.10. The van der Waals surface area contributed by atoms with Crippen molar-refractivity contribution < 1.29 is 9.53 Å². The predicted octanol–water partition coefficient (Wildman–Crippen LogP) is 2.73.